The van der Waals surface area contributed by atoms with Gasteiger partial charge in [0, 0.05) is 11.8 Å². The molecule has 0 spiro atoms. The molecule has 1 N–H and O–H groups in total. The summed E-state index contributed by atoms with van der Waals surface area (Å²) in [6.45, 7) is 0. The van der Waals surface area contributed by atoms with Crippen molar-refractivity contribution in [2.45, 2.75) is 0 Å². The maximum Gasteiger partial charge on any atom is 0.0989 e. The molecule has 0 fully saturated rings. The first-order chi connectivity index (χ1) is 7.43. The highest BCUT2D eigenvalue weighted by atomic mass is 15.1. The maximum absolute atomic E-state index is 4.54. The summed E-state index contributed by atoms with van der Waals surface area (Å²) in [6.07, 6.45) is 3.67. The summed E-state index contributed by atoms with van der Waals surface area (Å²) in [7, 11) is 0. The SMILES string of the molecule is C1=c2c(cc3nc2c2[nH]cccc3-2)N=N1. The zero-order valence-electron chi connectivity index (χ0n) is 7.73. The van der Waals surface area contributed by atoms with E-state index in [9.17, 15) is 0 Å². The largest absolute Gasteiger partial charge is 0.359 e. The lowest BCUT2D eigenvalue weighted by Crippen LogP contribution is -1.99. The number of H-pyrrole nitrogens is 1. The number of fused-ring (bicyclic) bond motifs is 7. The summed E-state index contributed by atoms with van der Waals surface area (Å²) in [5.74, 6) is 0. The molecule has 1 aromatic rings. The third-order valence-electron chi connectivity index (χ3n) is 2.76. The first kappa shape index (κ1) is 7.11. The van der Waals surface area contributed by atoms with Crippen LogP contribution in [0, 0.1) is 0 Å². The first-order valence-electron chi connectivity index (χ1n) is 4.74. The van der Waals surface area contributed by atoms with Crippen LogP contribution in [0.3, 0.4) is 0 Å². The van der Waals surface area contributed by atoms with Gasteiger partial charge in [-0.1, -0.05) is 0 Å². The molecule has 1 aromatic heterocycles. The number of aromatic amines is 1. The molecule has 0 aromatic carbocycles. The van der Waals surface area contributed by atoms with Gasteiger partial charge in [-0.2, -0.15) is 10.2 Å². The summed E-state index contributed by atoms with van der Waals surface area (Å²) in [5, 5.41) is 8.98. The Morgan fingerprint density at radius 1 is 1.27 bits per heavy atom. The molecule has 2 bridgehead atoms. The standard InChI is InChI=1S/C11H6N4/c1-2-6-8-4-9-7(5-13-15-9)11(14-8)10(6)12-3-1/h1-5,12H. The van der Waals surface area contributed by atoms with Crippen molar-refractivity contribution < 1.29 is 0 Å². The zero-order chi connectivity index (χ0) is 9.83. The van der Waals surface area contributed by atoms with Crippen molar-refractivity contribution >= 4 is 22.9 Å². The van der Waals surface area contributed by atoms with Crippen LogP contribution >= 0.6 is 0 Å². The van der Waals surface area contributed by atoms with E-state index >= 15 is 0 Å². The van der Waals surface area contributed by atoms with E-state index in [1.807, 2.05) is 18.3 Å². The Labute approximate surface area is 84.7 Å². The second-order valence-corrected chi connectivity index (χ2v) is 3.59. The fourth-order valence-electron chi connectivity index (χ4n) is 2.08. The van der Waals surface area contributed by atoms with Gasteiger partial charge < -0.3 is 4.98 Å². The molecule has 4 heteroatoms. The molecule has 0 saturated carbocycles. The smallest absolute Gasteiger partial charge is 0.0989 e. The van der Waals surface area contributed by atoms with Gasteiger partial charge in [-0.25, -0.2) is 4.98 Å². The second kappa shape index (κ2) is 2.23. The molecule has 70 valence electrons. The molecule has 3 aliphatic rings. The zero-order valence-corrected chi connectivity index (χ0v) is 7.73. The quantitative estimate of drug-likeness (QED) is 0.586. The van der Waals surface area contributed by atoms with Crippen molar-refractivity contribution in [3.63, 3.8) is 0 Å². The fourth-order valence-corrected chi connectivity index (χ4v) is 2.08. The van der Waals surface area contributed by atoms with Crippen molar-refractivity contribution in [3.05, 3.63) is 29.6 Å². The van der Waals surface area contributed by atoms with Crippen LogP contribution in [0.15, 0.2) is 34.6 Å². The molecule has 0 saturated heterocycles. The number of aromatic nitrogens is 2. The molecule has 4 heterocycles. The summed E-state index contributed by atoms with van der Waals surface area (Å²) in [5.41, 5.74) is 5.07. The molecule has 0 radical (unpaired) electrons. The van der Waals surface area contributed by atoms with Crippen molar-refractivity contribution in [2.75, 3.05) is 0 Å². The predicted octanol–water partition coefficient (Wildman–Crippen LogP) is 2.22. The van der Waals surface area contributed by atoms with E-state index in [4.69, 9.17) is 0 Å². The van der Waals surface area contributed by atoms with Crippen LogP contribution in [0.4, 0.5) is 5.69 Å². The average molecular weight is 194 g/mol. The van der Waals surface area contributed by atoms with Crippen molar-refractivity contribution in [1.29, 1.82) is 0 Å². The molecule has 0 aliphatic carbocycles. The highest BCUT2D eigenvalue weighted by Gasteiger charge is 2.17. The minimum absolute atomic E-state index is 0.916. The van der Waals surface area contributed by atoms with E-state index in [1.54, 1.807) is 6.20 Å². The Bertz CT molecular complexity index is 723. The topological polar surface area (TPSA) is 53.4 Å². The third-order valence-corrected chi connectivity index (χ3v) is 2.76. The molecular weight excluding hydrogens is 188 g/mol. The number of hydrogen-bond donors (Lipinski definition) is 1. The van der Waals surface area contributed by atoms with Gasteiger partial charge in [0.1, 0.15) is 0 Å². The monoisotopic (exact) mass is 194 g/mol. The predicted molar refractivity (Wildman–Crippen MR) is 56.9 cm³/mol. The Morgan fingerprint density at radius 2 is 2.27 bits per heavy atom. The molecule has 4 rings (SSSR count). The Morgan fingerprint density at radius 3 is 3.27 bits per heavy atom. The van der Waals surface area contributed by atoms with Crippen molar-refractivity contribution in [1.82, 2.24) is 9.97 Å². The van der Waals surface area contributed by atoms with Gasteiger partial charge in [0.05, 0.1) is 33.8 Å². The molecular formula is C11H6N4. The highest BCUT2D eigenvalue weighted by molar-refractivity contribution is 5.95. The van der Waals surface area contributed by atoms with E-state index in [-0.39, 0.29) is 0 Å². The molecule has 3 aliphatic heterocycles. The lowest BCUT2D eigenvalue weighted by Gasteiger charge is -1.95. The Balaban J connectivity index is 2.37. The summed E-state index contributed by atoms with van der Waals surface area (Å²) in [6, 6.07) is 6.02. The Hall–Kier alpha value is -2.23. The van der Waals surface area contributed by atoms with Gasteiger partial charge in [-0.15, -0.1) is 0 Å². The van der Waals surface area contributed by atoms with Crippen molar-refractivity contribution in [2.24, 2.45) is 10.2 Å². The minimum atomic E-state index is 0.916. The third kappa shape index (κ3) is 0.747. The van der Waals surface area contributed by atoms with Gasteiger partial charge >= 0.3 is 0 Å². The van der Waals surface area contributed by atoms with E-state index in [0.29, 0.717) is 0 Å². The number of nitrogens with one attached hydrogen (secondary N) is 1. The van der Waals surface area contributed by atoms with E-state index in [0.717, 1.165) is 33.2 Å². The number of pyridine rings is 2. The number of hydrogen-bond acceptors (Lipinski definition) is 3. The minimum Gasteiger partial charge on any atom is -0.359 e. The Kier molecular flexibility index (Phi) is 1.06. The van der Waals surface area contributed by atoms with Gasteiger partial charge in [0.2, 0.25) is 0 Å². The number of azo groups is 1. The molecule has 0 amide bonds. The van der Waals surface area contributed by atoms with Crippen LogP contribution in [0.1, 0.15) is 0 Å². The molecule has 0 atom stereocenters. The normalized spacial score (nSPS) is 13.6. The second-order valence-electron chi connectivity index (χ2n) is 3.59. The lowest BCUT2D eigenvalue weighted by molar-refractivity contribution is 1.32. The number of nitrogens with zero attached hydrogens (tertiary/aromatic N) is 3. The summed E-state index contributed by atoms with van der Waals surface area (Å²) in [4.78, 5) is 7.77. The van der Waals surface area contributed by atoms with E-state index < -0.39 is 0 Å². The maximum atomic E-state index is 4.54. The van der Waals surface area contributed by atoms with Crippen LogP contribution in [-0.4, -0.2) is 9.97 Å². The van der Waals surface area contributed by atoms with Gasteiger partial charge in [-0.05, 0) is 18.2 Å². The molecule has 4 nitrogen and oxygen atoms in total. The van der Waals surface area contributed by atoms with Gasteiger partial charge in [0.15, 0.2) is 0 Å². The van der Waals surface area contributed by atoms with Gasteiger partial charge in [-0.3, -0.25) is 0 Å². The first-order valence-corrected chi connectivity index (χ1v) is 4.74. The molecule has 0 unspecified atom stereocenters. The van der Waals surface area contributed by atoms with Crippen LogP contribution < -0.4 is 5.22 Å². The van der Waals surface area contributed by atoms with Crippen LogP contribution in [0.2, 0.25) is 0 Å². The van der Waals surface area contributed by atoms with Gasteiger partial charge in [0.25, 0.3) is 0 Å². The van der Waals surface area contributed by atoms with Crippen LogP contribution in [0.25, 0.3) is 28.5 Å². The average Bonchev–Trinajstić information content (AvgIpc) is 2.85. The summed E-state index contributed by atoms with van der Waals surface area (Å²) >= 11 is 0. The lowest BCUT2D eigenvalue weighted by atomic mass is 10.2. The van der Waals surface area contributed by atoms with Crippen LogP contribution in [-0.2, 0) is 0 Å². The summed E-state index contributed by atoms with van der Waals surface area (Å²) < 4.78 is 0. The van der Waals surface area contributed by atoms with Crippen LogP contribution in [0.5, 0.6) is 0 Å². The fraction of sp³-hybridized carbons (Fsp3) is 0. The van der Waals surface area contributed by atoms with E-state index in [1.165, 1.54) is 0 Å². The molecule has 15 heavy (non-hydrogen) atoms. The number of rotatable bonds is 0. The highest BCUT2D eigenvalue weighted by Crippen LogP contribution is 2.31. The van der Waals surface area contributed by atoms with E-state index in [2.05, 4.69) is 26.3 Å². The van der Waals surface area contributed by atoms with Crippen molar-refractivity contribution in [3.8, 4) is 11.3 Å².